The summed E-state index contributed by atoms with van der Waals surface area (Å²) < 4.78 is 1.89. The second kappa shape index (κ2) is 3.88. The fraction of sp³-hybridized carbons (Fsp3) is 0.400. The van der Waals surface area contributed by atoms with Crippen molar-refractivity contribution in [2.75, 3.05) is 5.32 Å². The summed E-state index contributed by atoms with van der Waals surface area (Å²) in [6.45, 7) is 6.27. The zero-order chi connectivity index (χ0) is 11.6. The van der Waals surface area contributed by atoms with Crippen molar-refractivity contribution >= 4 is 11.6 Å². The molecular formula is C10H14N6. The Bertz CT molecular complexity index is 456. The molecule has 1 N–H and O–H groups in total. The molecule has 0 aromatic carbocycles. The third-order valence-corrected chi connectivity index (χ3v) is 2.02. The third-order valence-electron chi connectivity index (χ3n) is 2.02. The maximum absolute atomic E-state index is 4.27. The molecule has 2 aromatic rings. The van der Waals surface area contributed by atoms with Crippen LogP contribution >= 0.6 is 0 Å². The highest BCUT2D eigenvalue weighted by atomic mass is 15.3. The normalized spacial score (nSPS) is 11.4. The van der Waals surface area contributed by atoms with E-state index < -0.39 is 0 Å². The third kappa shape index (κ3) is 2.33. The van der Waals surface area contributed by atoms with E-state index in [1.165, 1.54) is 12.7 Å². The van der Waals surface area contributed by atoms with Crippen molar-refractivity contribution in [3.63, 3.8) is 0 Å². The van der Waals surface area contributed by atoms with E-state index in [4.69, 9.17) is 0 Å². The zero-order valence-corrected chi connectivity index (χ0v) is 9.55. The molecule has 0 spiro atoms. The highest BCUT2D eigenvalue weighted by Crippen LogP contribution is 2.17. The first-order chi connectivity index (χ1) is 7.55. The van der Waals surface area contributed by atoms with E-state index >= 15 is 0 Å². The number of hydrogen-bond acceptors (Lipinski definition) is 5. The minimum Gasteiger partial charge on any atom is -0.321 e. The van der Waals surface area contributed by atoms with Gasteiger partial charge in [-0.3, -0.25) is 4.68 Å². The molecule has 0 aliphatic carbocycles. The first kappa shape index (κ1) is 10.5. The molecule has 0 aliphatic rings. The molecule has 6 nitrogen and oxygen atoms in total. The predicted octanol–water partition coefficient (Wildman–Crippen LogP) is 1.57. The monoisotopic (exact) mass is 218 g/mol. The van der Waals surface area contributed by atoms with Crippen molar-refractivity contribution in [2.24, 2.45) is 0 Å². The molecule has 0 radical (unpaired) electrons. The van der Waals surface area contributed by atoms with E-state index in [0.29, 0.717) is 5.95 Å². The summed E-state index contributed by atoms with van der Waals surface area (Å²) in [5, 5.41) is 7.32. The SMILES string of the molecule is CC(C)(C)n1cc(Nc2ncncn2)cn1. The molecule has 2 aromatic heterocycles. The van der Waals surface area contributed by atoms with Crippen LogP contribution in [0.5, 0.6) is 0 Å². The Hall–Kier alpha value is -1.98. The molecule has 0 saturated carbocycles. The van der Waals surface area contributed by atoms with Gasteiger partial charge in [0, 0.05) is 6.20 Å². The Kier molecular flexibility index (Phi) is 2.55. The van der Waals surface area contributed by atoms with Crippen LogP contribution in [-0.4, -0.2) is 24.7 Å². The number of nitrogens with one attached hydrogen (secondary N) is 1. The van der Waals surface area contributed by atoms with Crippen LogP contribution in [0.4, 0.5) is 11.6 Å². The van der Waals surface area contributed by atoms with E-state index in [9.17, 15) is 0 Å². The topological polar surface area (TPSA) is 68.5 Å². The van der Waals surface area contributed by atoms with Crippen molar-refractivity contribution in [3.05, 3.63) is 25.0 Å². The van der Waals surface area contributed by atoms with Gasteiger partial charge in [-0.2, -0.15) is 5.10 Å². The molecule has 0 atom stereocenters. The van der Waals surface area contributed by atoms with Crippen molar-refractivity contribution in [3.8, 4) is 0 Å². The van der Waals surface area contributed by atoms with E-state index in [2.05, 4.69) is 46.1 Å². The van der Waals surface area contributed by atoms with Gasteiger partial charge in [0.05, 0.1) is 17.4 Å². The van der Waals surface area contributed by atoms with Gasteiger partial charge in [-0.1, -0.05) is 0 Å². The highest BCUT2D eigenvalue weighted by Gasteiger charge is 2.13. The summed E-state index contributed by atoms with van der Waals surface area (Å²) in [7, 11) is 0. The van der Waals surface area contributed by atoms with Gasteiger partial charge in [0.1, 0.15) is 12.7 Å². The number of aromatic nitrogens is 5. The summed E-state index contributed by atoms with van der Waals surface area (Å²) in [6.07, 6.45) is 6.56. The number of nitrogens with zero attached hydrogens (tertiary/aromatic N) is 5. The molecule has 2 heterocycles. The second-order valence-corrected chi connectivity index (χ2v) is 4.43. The summed E-state index contributed by atoms with van der Waals surface area (Å²) in [5.41, 5.74) is 0.833. The largest absolute Gasteiger partial charge is 0.321 e. The summed E-state index contributed by atoms with van der Waals surface area (Å²) in [6, 6.07) is 0. The minimum absolute atomic E-state index is 0.0287. The quantitative estimate of drug-likeness (QED) is 0.828. The smallest absolute Gasteiger partial charge is 0.230 e. The van der Waals surface area contributed by atoms with Crippen molar-refractivity contribution in [1.82, 2.24) is 24.7 Å². The molecular weight excluding hydrogens is 204 g/mol. The molecule has 16 heavy (non-hydrogen) atoms. The van der Waals surface area contributed by atoms with Gasteiger partial charge in [-0.25, -0.2) is 15.0 Å². The zero-order valence-electron chi connectivity index (χ0n) is 9.55. The molecule has 0 saturated heterocycles. The van der Waals surface area contributed by atoms with Gasteiger partial charge < -0.3 is 5.32 Å². The summed E-state index contributed by atoms with van der Waals surface area (Å²) in [4.78, 5) is 11.7. The lowest BCUT2D eigenvalue weighted by molar-refractivity contribution is 0.355. The predicted molar refractivity (Wildman–Crippen MR) is 60.3 cm³/mol. The van der Waals surface area contributed by atoms with Crippen molar-refractivity contribution in [2.45, 2.75) is 26.3 Å². The van der Waals surface area contributed by atoms with Gasteiger partial charge in [0.15, 0.2) is 0 Å². The van der Waals surface area contributed by atoms with Crippen LogP contribution in [0.2, 0.25) is 0 Å². The van der Waals surface area contributed by atoms with Gasteiger partial charge in [-0.05, 0) is 20.8 Å². The van der Waals surface area contributed by atoms with Crippen molar-refractivity contribution in [1.29, 1.82) is 0 Å². The van der Waals surface area contributed by atoms with Crippen LogP contribution in [0.3, 0.4) is 0 Å². The Morgan fingerprint density at radius 2 is 1.88 bits per heavy atom. The maximum atomic E-state index is 4.27. The average molecular weight is 218 g/mol. The van der Waals surface area contributed by atoms with Crippen LogP contribution in [0.1, 0.15) is 20.8 Å². The lowest BCUT2D eigenvalue weighted by Gasteiger charge is -2.18. The minimum atomic E-state index is -0.0287. The van der Waals surface area contributed by atoms with E-state index in [-0.39, 0.29) is 5.54 Å². The van der Waals surface area contributed by atoms with Crippen molar-refractivity contribution < 1.29 is 0 Å². The Morgan fingerprint density at radius 1 is 1.19 bits per heavy atom. The van der Waals surface area contributed by atoms with Crippen LogP contribution in [0.25, 0.3) is 0 Å². The lowest BCUT2D eigenvalue weighted by atomic mass is 10.1. The first-order valence-corrected chi connectivity index (χ1v) is 5.00. The van der Waals surface area contributed by atoms with E-state index in [1.807, 2.05) is 10.9 Å². The molecule has 0 amide bonds. The molecule has 2 rings (SSSR count). The first-order valence-electron chi connectivity index (χ1n) is 5.00. The Morgan fingerprint density at radius 3 is 2.44 bits per heavy atom. The van der Waals surface area contributed by atoms with Crippen LogP contribution < -0.4 is 5.32 Å². The molecule has 84 valence electrons. The Balaban J connectivity index is 2.15. The van der Waals surface area contributed by atoms with Gasteiger partial charge >= 0.3 is 0 Å². The maximum Gasteiger partial charge on any atom is 0.230 e. The molecule has 0 bridgehead atoms. The van der Waals surface area contributed by atoms with Crippen LogP contribution in [0, 0.1) is 0 Å². The fourth-order valence-electron chi connectivity index (χ4n) is 1.19. The molecule has 0 aliphatic heterocycles. The number of anilines is 2. The van der Waals surface area contributed by atoms with Crippen LogP contribution in [-0.2, 0) is 5.54 Å². The second-order valence-electron chi connectivity index (χ2n) is 4.43. The summed E-state index contributed by atoms with van der Waals surface area (Å²) in [5.74, 6) is 0.517. The molecule has 6 heteroatoms. The summed E-state index contributed by atoms with van der Waals surface area (Å²) >= 11 is 0. The lowest BCUT2D eigenvalue weighted by Crippen LogP contribution is -2.21. The van der Waals surface area contributed by atoms with E-state index in [0.717, 1.165) is 5.69 Å². The number of hydrogen-bond donors (Lipinski definition) is 1. The van der Waals surface area contributed by atoms with E-state index in [1.54, 1.807) is 6.20 Å². The molecule has 0 unspecified atom stereocenters. The van der Waals surface area contributed by atoms with Gasteiger partial charge in [0.2, 0.25) is 5.95 Å². The molecule has 0 fully saturated rings. The van der Waals surface area contributed by atoms with Gasteiger partial charge in [0.25, 0.3) is 0 Å². The van der Waals surface area contributed by atoms with Gasteiger partial charge in [-0.15, -0.1) is 0 Å². The average Bonchev–Trinajstić information content (AvgIpc) is 2.67. The fourth-order valence-corrected chi connectivity index (χ4v) is 1.19. The standard InChI is InChI=1S/C10H14N6/c1-10(2,3)16-5-8(4-14-16)15-9-12-6-11-7-13-9/h4-7H,1-3H3,(H,11,12,13,15). The number of rotatable bonds is 2. The van der Waals surface area contributed by atoms with Crippen LogP contribution in [0.15, 0.2) is 25.0 Å². The highest BCUT2D eigenvalue weighted by molar-refractivity contribution is 5.49. The Labute approximate surface area is 93.8 Å².